The molecule has 0 aromatic heterocycles. The number of hydrogen-bond donors (Lipinski definition) is 0. The summed E-state index contributed by atoms with van der Waals surface area (Å²) >= 11 is 0. The van der Waals surface area contributed by atoms with Gasteiger partial charge >= 0.3 is 11.9 Å². The molecule has 0 heterocycles. The van der Waals surface area contributed by atoms with Crippen LogP contribution in [0.15, 0.2) is 119 Å². The molecular formula is C30H22O8S. The topological polar surface area (TPSA) is 121 Å². The number of hydrogen-bond acceptors (Lipinski definition) is 8. The number of ether oxygens (including phenoxy) is 2. The molecule has 0 atom stereocenters. The van der Waals surface area contributed by atoms with E-state index in [9.17, 15) is 27.6 Å². The molecule has 0 aliphatic carbocycles. The van der Waals surface area contributed by atoms with Crippen molar-refractivity contribution in [3.63, 3.8) is 0 Å². The molecule has 0 aliphatic rings. The van der Waals surface area contributed by atoms with Crippen LogP contribution in [0.1, 0.15) is 41.4 Å². The van der Waals surface area contributed by atoms with E-state index in [1.807, 2.05) is 0 Å². The summed E-state index contributed by atoms with van der Waals surface area (Å²) in [6.07, 6.45) is 0. The van der Waals surface area contributed by atoms with E-state index in [0.717, 1.165) is 12.1 Å². The van der Waals surface area contributed by atoms with E-state index in [1.54, 1.807) is 60.7 Å². The van der Waals surface area contributed by atoms with E-state index in [-0.39, 0.29) is 20.9 Å². The number of carbonyl (C=O) groups is 4. The molecule has 0 radical (unpaired) electrons. The highest BCUT2D eigenvalue weighted by Gasteiger charge is 2.22. The van der Waals surface area contributed by atoms with Crippen molar-refractivity contribution in [3.8, 4) is 0 Å². The lowest BCUT2D eigenvalue weighted by Crippen LogP contribution is -2.15. The predicted octanol–water partition coefficient (Wildman–Crippen LogP) is 4.60. The second-order valence-corrected chi connectivity index (χ2v) is 10.2. The molecule has 0 amide bonds. The minimum atomic E-state index is -4.15. The standard InChI is InChI=1S/C30H22O8S/c31-27(21-9-3-1-4-10-21)19-37-29(33)23-13-7-15-25(17-23)39(35,36)26-16-8-14-24(18-26)30(34)38-20-28(32)22-11-5-2-6-12-22/h1-18H,19-20H2. The van der Waals surface area contributed by atoms with E-state index in [4.69, 9.17) is 9.47 Å². The van der Waals surface area contributed by atoms with Gasteiger partial charge in [0, 0.05) is 11.1 Å². The van der Waals surface area contributed by atoms with Gasteiger partial charge in [-0.05, 0) is 36.4 Å². The Bertz CT molecular complexity index is 1510. The molecule has 196 valence electrons. The minimum absolute atomic E-state index is 0.0630. The average Bonchev–Trinajstić information content (AvgIpc) is 2.99. The molecule has 4 aromatic rings. The van der Waals surface area contributed by atoms with Crippen LogP contribution in [0.4, 0.5) is 0 Å². The third kappa shape index (κ3) is 6.71. The fourth-order valence-electron chi connectivity index (χ4n) is 3.56. The summed E-state index contributed by atoms with van der Waals surface area (Å²) in [7, 11) is -4.15. The van der Waals surface area contributed by atoms with Gasteiger partial charge in [-0.2, -0.15) is 0 Å². The first-order valence-electron chi connectivity index (χ1n) is 11.7. The van der Waals surface area contributed by atoms with Crippen LogP contribution in [0.25, 0.3) is 0 Å². The van der Waals surface area contributed by atoms with Crippen LogP contribution in [0, 0.1) is 0 Å². The Morgan fingerprint density at radius 1 is 0.487 bits per heavy atom. The van der Waals surface area contributed by atoms with E-state index < -0.39 is 46.6 Å². The lowest BCUT2D eigenvalue weighted by atomic mass is 10.1. The lowest BCUT2D eigenvalue weighted by molar-refractivity contribution is 0.0472. The maximum Gasteiger partial charge on any atom is 0.338 e. The van der Waals surface area contributed by atoms with Gasteiger partial charge < -0.3 is 9.47 Å². The van der Waals surface area contributed by atoms with Gasteiger partial charge in [0.15, 0.2) is 24.8 Å². The maximum absolute atomic E-state index is 13.3. The fraction of sp³-hybridized carbons (Fsp3) is 0.0667. The van der Waals surface area contributed by atoms with Gasteiger partial charge in [0.1, 0.15) is 0 Å². The van der Waals surface area contributed by atoms with E-state index in [0.29, 0.717) is 11.1 Å². The molecule has 0 N–H and O–H groups in total. The van der Waals surface area contributed by atoms with Gasteiger partial charge in [-0.15, -0.1) is 0 Å². The van der Waals surface area contributed by atoms with Crippen molar-refractivity contribution in [3.05, 3.63) is 131 Å². The van der Waals surface area contributed by atoms with Gasteiger partial charge in [-0.25, -0.2) is 18.0 Å². The Kier molecular flexibility index (Phi) is 8.43. The van der Waals surface area contributed by atoms with Crippen molar-refractivity contribution in [2.24, 2.45) is 0 Å². The van der Waals surface area contributed by atoms with Gasteiger partial charge in [0.25, 0.3) is 0 Å². The van der Waals surface area contributed by atoms with E-state index in [2.05, 4.69) is 0 Å². The van der Waals surface area contributed by atoms with Gasteiger partial charge in [0.2, 0.25) is 9.84 Å². The Balaban J connectivity index is 1.45. The highest BCUT2D eigenvalue weighted by atomic mass is 32.2. The summed E-state index contributed by atoms with van der Waals surface area (Å²) < 4.78 is 36.7. The summed E-state index contributed by atoms with van der Waals surface area (Å²) in [4.78, 5) is 49.0. The Hall–Kier alpha value is -4.89. The van der Waals surface area contributed by atoms with E-state index in [1.165, 1.54) is 36.4 Å². The molecular weight excluding hydrogens is 520 g/mol. The third-order valence-electron chi connectivity index (χ3n) is 5.62. The molecule has 4 aromatic carbocycles. The highest BCUT2D eigenvalue weighted by Crippen LogP contribution is 2.23. The molecule has 0 spiro atoms. The summed E-state index contributed by atoms with van der Waals surface area (Å²) in [6.45, 7) is -1.01. The van der Waals surface area contributed by atoms with Crippen LogP contribution in [0.2, 0.25) is 0 Å². The molecule has 0 bridgehead atoms. The zero-order valence-corrected chi connectivity index (χ0v) is 21.3. The SMILES string of the molecule is O=C(COC(=O)c1cccc(S(=O)(=O)c2cccc(C(=O)OCC(=O)c3ccccc3)c2)c1)c1ccccc1. The first-order chi connectivity index (χ1) is 18.8. The van der Waals surface area contributed by atoms with Crippen LogP contribution in [0.3, 0.4) is 0 Å². The zero-order chi connectivity index (χ0) is 27.8. The molecule has 4 rings (SSSR count). The molecule has 0 saturated carbocycles. The van der Waals surface area contributed by atoms with Crippen molar-refractivity contribution in [2.45, 2.75) is 9.79 Å². The number of ketones is 2. The zero-order valence-electron chi connectivity index (χ0n) is 20.5. The Morgan fingerprint density at radius 2 is 0.846 bits per heavy atom. The monoisotopic (exact) mass is 542 g/mol. The second-order valence-electron chi connectivity index (χ2n) is 8.29. The Labute approximate surface area is 224 Å². The van der Waals surface area contributed by atoms with Crippen molar-refractivity contribution in [1.82, 2.24) is 0 Å². The quantitative estimate of drug-likeness (QED) is 0.211. The number of benzene rings is 4. The van der Waals surface area contributed by atoms with Gasteiger partial charge in [0.05, 0.1) is 20.9 Å². The molecule has 39 heavy (non-hydrogen) atoms. The van der Waals surface area contributed by atoms with E-state index >= 15 is 0 Å². The number of esters is 2. The van der Waals surface area contributed by atoms with Gasteiger partial charge in [-0.1, -0.05) is 72.8 Å². The largest absolute Gasteiger partial charge is 0.454 e. The summed E-state index contributed by atoms with van der Waals surface area (Å²) in [5.41, 5.74) is 0.632. The molecule has 9 heteroatoms. The first-order valence-corrected chi connectivity index (χ1v) is 13.2. The highest BCUT2D eigenvalue weighted by molar-refractivity contribution is 7.91. The van der Waals surface area contributed by atoms with Crippen LogP contribution < -0.4 is 0 Å². The summed E-state index contributed by atoms with van der Waals surface area (Å²) in [5, 5.41) is 0. The first kappa shape index (κ1) is 27.2. The lowest BCUT2D eigenvalue weighted by Gasteiger charge is -2.09. The molecule has 0 unspecified atom stereocenters. The predicted molar refractivity (Wildman–Crippen MR) is 140 cm³/mol. The van der Waals surface area contributed by atoms with Crippen LogP contribution in [0.5, 0.6) is 0 Å². The Morgan fingerprint density at radius 3 is 1.23 bits per heavy atom. The number of sulfone groups is 1. The fourth-order valence-corrected chi connectivity index (χ4v) is 4.91. The molecule has 0 fully saturated rings. The number of Topliss-reactive ketones (excluding diaryl/α,β-unsaturated/α-hetero) is 2. The van der Waals surface area contributed by atoms with Crippen LogP contribution in [-0.4, -0.2) is 45.1 Å². The van der Waals surface area contributed by atoms with Crippen molar-refractivity contribution >= 4 is 33.3 Å². The van der Waals surface area contributed by atoms with Crippen molar-refractivity contribution < 1.29 is 37.1 Å². The van der Waals surface area contributed by atoms with Crippen LogP contribution >= 0.6 is 0 Å². The molecule has 0 aliphatic heterocycles. The molecule has 8 nitrogen and oxygen atoms in total. The third-order valence-corrected chi connectivity index (χ3v) is 7.37. The maximum atomic E-state index is 13.3. The van der Waals surface area contributed by atoms with Crippen molar-refractivity contribution in [2.75, 3.05) is 13.2 Å². The number of rotatable bonds is 10. The van der Waals surface area contributed by atoms with Crippen molar-refractivity contribution in [1.29, 1.82) is 0 Å². The normalized spacial score (nSPS) is 10.9. The summed E-state index contributed by atoms with van der Waals surface area (Å²) in [5.74, 6) is -2.53. The second kappa shape index (κ2) is 12.1. The minimum Gasteiger partial charge on any atom is -0.454 e. The average molecular weight is 543 g/mol. The molecule has 0 saturated heterocycles. The smallest absolute Gasteiger partial charge is 0.338 e. The summed E-state index contributed by atoms with van der Waals surface area (Å²) in [6, 6.07) is 26.9. The van der Waals surface area contributed by atoms with Gasteiger partial charge in [-0.3, -0.25) is 9.59 Å². The van der Waals surface area contributed by atoms with Crippen LogP contribution in [-0.2, 0) is 19.3 Å². The number of carbonyl (C=O) groups excluding carboxylic acids is 4.